The maximum absolute atomic E-state index is 10.7. The van der Waals surface area contributed by atoms with E-state index in [1.807, 2.05) is 22.6 Å². The molecule has 0 amide bonds. The quantitative estimate of drug-likeness (QED) is 0.0398. The molecule has 0 aliphatic carbocycles. The normalized spacial score (nSPS) is 7.75. The van der Waals surface area contributed by atoms with Crippen LogP contribution in [0.4, 0.5) is 4.39 Å². The molecule has 0 saturated carbocycles. The van der Waals surface area contributed by atoms with Crippen LogP contribution in [0, 0.1) is 40.4 Å². The van der Waals surface area contributed by atoms with Crippen molar-refractivity contribution < 1.29 is 286 Å². The summed E-state index contributed by atoms with van der Waals surface area (Å²) < 4.78 is 20.0. The topological polar surface area (TPSA) is 162 Å². The first kappa shape index (κ1) is 68.1. The molecular formula is C19H30FI2K4O10+. The maximum Gasteiger partial charge on any atom is 1.00 e. The Morgan fingerprint density at radius 3 is 1.44 bits per heavy atom. The predicted molar refractivity (Wildman–Crippen MR) is 116 cm³/mol. The summed E-state index contributed by atoms with van der Waals surface area (Å²) in [6.07, 6.45) is 1.04. The monoisotopic (exact) mass is 848 g/mol. The molecule has 0 saturated heterocycles. The molecule has 0 fully saturated rings. The van der Waals surface area contributed by atoms with E-state index in [2.05, 4.69) is 43.1 Å². The predicted octanol–water partition coefficient (Wildman–Crippen LogP) is -13.9. The summed E-state index contributed by atoms with van der Waals surface area (Å²) in [6.45, 7) is 6.54. The summed E-state index contributed by atoms with van der Waals surface area (Å²) >= 11 is 1.90. The van der Waals surface area contributed by atoms with E-state index in [4.69, 9.17) is 26.6 Å². The molecule has 0 heterocycles. The first-order chi connectivity index (χ1) is 15.1. The molecule has 17 heteroatoms. The number of methoxy groups -OCH3 is 1. The fraction of sp³-hybridized carbons (Fsp3) is 0.526. The fourth-order valence-electron chi connectivity index (χ4n) is 0.882. The number of alkyl halides is 1. The van der Waals surface area contributed by atoms with Gasteiger partial charge < -0.3 is 55.5 Å². The number of esters is 1. The third kappa shape index (κ3) is 90.2. The average molecular weight is 849 g/mol. The summed E-state index contributed by atoms with van der Waals surface area (Å²) in [4.78, 5) is 46.6. The van der Waals surface area contributed by atoms with Crippen molar-refractivity contribution in [2.24, 2.45) is 11.8 Å². The van der Waals surface area contributed by atoms with Crippen LogP contribution in [0.5, 0.6) is 0 Å². The van der Waals surface area contributed by atoms with Gasteiger partial charge in [0.2, 0.25) is 22.6 Å². The molecular weight excluding hydrogens is 817 g/mol. The Kier molecular flexibility index (Phi) is 147. The number of carbonyl (C=O) groups excluding carboxylic acids is 3. The number of halogens is 3. The summed E-state index contributed by atoms with van der Waals surface area (Å²) in [7, 11) is 0.387. The van der Waals surface area contributed by atoms with Crippen LogP contribution in [0.25, 0.3) is 0 Å². The zero-order chi connectivity index (χ0) is 26.8. The van der Waals surface area contributed by atoms with Gasteiger partial charge in [-0.15, -0.1) is 23.7 Å². The van der Waals surface area contributed by atoms with Gasteiger partial charge in [0.1, 0.15) is 4.93 Å². The van der Waals surface area contributed by atoms with Crippen molar-refractivity contribution in [2.75, 3.05) is 14.3 Å². The molecule has 0 aromatic rings. The second-order valence-electron chi connectivity index (χ2n) is 4.31. The molecule has 36 heavy (non-hydrogen) atoms. The Bertz CT molecular complexity index is 561. The van der Waals surface area contributed by atoms with Gasteiger partial charge in [0.15, 0.2) is 0 Å². The molecule has 0 unspecified atom stereocenters. The largest absolute Gasteiger partial charge is 1.00 e. The molecule has 0 rings (SSSR count). The minimum absolute atomic E-state index is 0. The molecule has 0 radical (unpaired) electrons. The van der Waals surface area contributed by atoms with Crippen LogP contribution < -0.4 is 240 Å². The second-order valence-corrected chi connectivity index (χ2v) is 4.31. The Morgan fingerprint density at radius 1 is 1.03 bits per heavy atom. The molecule has 0 aromatic carbocycles. The van der Waals surface area contributed by atoms with Crippen LogP contribution in [0.3, 0.4) is 0 Å². The molecule has 0 bridgehead atoms. The Balaban J connectivity index is -0.0000000223. The van der Waals surface area contributed by atoms with Crippen molar-refractivity contribution in [3.05, 3.63) is 4.93 Å². The van der Waals surface area contributed by atoms with Crippen molar-refractivity contribution >= 4 is 47.5 Å². The molecule has 0 aliphatic rings. The van der Waals surface area contributed by atoms with Crippen LogP contribution in [0.1, 0.15) is 43.3 Å². The average Bonchev–Trinajstić information content (AvgIpc) is 2.82. The second kappa shape index (κ2) is 77.5. The number of carboxylic acid groups (broad SMARTS) is 1. The smallest absolute Gasteiger partial charge is 1.00 e. The van der Waals surface area contributed by atoms with E-state index in [0.717, 1.165) is 0 Å². The van der Waals surface area contributed by atoms with Crippen LogP contribution >= 0.6 is 22.6 Å². The fourth-order valence-corrected chi connectivity index (χ4v) is 0.882. The summed E-state index contributed by atoms with van der Waals surface area (Å²) in [5.74, 6) is 9.46. The van der Waals surface area contributed by atoms with Gasteiger partial charge in [0.05, 0.1) is 27.5 Å². The number of hydrogen-bond acceptors (Lipinski definition) is 9. The van der Waals surface area contributed by atoms with Gasteiger partial charge in [0, 0.05) is 12.8 Å². The molecule has 1 N–H and O–H groups in total. The van der Waals surface area contributed by atoms with Crippen molar-refractivity contribution in [1.82, 2.24) is 0 Å². The molecule has 2 atom stereocenters. The zero-order valence-electron chi connectivity index (χ0n) is 24.4. The van der Waals surface area contributed by atoms with Crippen LogP contribution in [-0.4, -0.2) is 44.3 Å². The Morgan fingerprint density at radius 2 is 1.28 bits per heavy atom. The van der Waals surface area contributed by atoms with E-state index in [0.29, 0.717) is 12.8 Å². The standard InChI is InChI=1S/C8H12O2.C7H10O2.CH3F.CH2I.2CH2O3.HI.4K.H/c1-4-5-6-7(2)8(9)10-3;1-3-4-5-6(2)7(8)9;2*1-2;2*2-1-4-3;;;;;;/h7H,6H2,1-3H3;6H,5H2,1-2H3,(H,8,9);1H3;1H2;2*1,3H;1H;;;;;/q;;;+1;;;;4*+1;-1/p-3/t7-;6-;;;;;;;;;;/m00........../s1/i;;1D;;;;;;;;;. The van der Waals surface area contributed by atoms with Crippen molar-refractivity contribution in [1.29, 1.82) is 0 Å². The first-order valence-corrected chi connectivity index (χ1v) is 9.34. The third-order valence-corrected chi connectivity index (χ3v) is 2.27. The van der Waals surface area contributed by atoms with Gasteiger partial charge in [-0.05, 0) is 13.8 Å². The number of ether oxygens (including phenoxy) is 1. The molecule has 0 aromatic heterocycles. The van der Waals surface area contributed by atoms with E-state index in [1.165, 1.54) is 7.11 Å². The Labute approximate surface area is 418 Å². The maximum atomic E-state index is 10.7. The summed E-state index contributed by atoms with van der Waals surface area (Å²) in [5, 5.41) is 25.2. The van der Waals surface area contributed by atoms with Crippen LogP contribution in [0.15, 0.2) is 0 Å². The number of carboxylic acids is 1. The van der Waals surface area contributed by atoms with Crippen molar-refractivity contribution in [2.45, 2.75) is 40.5 Å². The van der Waals surface area contributed by atoms with Gasteiger partial charge >= 0.3 is 217 Å². The molecule has 10 nitrogen and oxygen atoms in total. The number of rotatable bonds is 6. The van der Waals surface area contributed by atoms with Gasteiger partial charge in [-0.25, -0.2) is 0 Å². The van der Waals surface area contributed by atoms with Crippen LogP contribution in [-0.2, 0) is 33.7 Å². The van der Waals surface area contributed by atoms with Crippen molar-refractivity contribution in [3.8, 4) is 23.7 Å². The van der Waals surface area contributed by atoms with Gasteiger partial charge in [-0.1, -0.05) is 13.8 Å². The minimum atomic E-state index is -1.00. The van der Waals surface area contributed by atoms with Crippen molar-refractivity contribution in [3.63, 3.8) is 0 Å². The molecule has 0 aliphatic heterocycles. The minimum Gasteiger partial charge on any atom is -1.00 e. The van der Waals surface area contributed by atoms with E-state index >= 15 is 0 Å². The number of aliphatic carboxylic acids is 1. The molecule has 0 spiro atoms. The van der Waals surface area contributed by atoms with Gasteiger partial charge in [-0.2, -0.15) is 0 Å². The van der Waals surface area contributed by atoms with Gasteiger partial charge in [-0.3, -0.25) is 23.6 Å². The Hall–Kier alpha value is 4.73. The summed E-state index contributed by atoms with van der Waals surface area (Å²) in [5.41, 5.74) is 0. The van der Waals surface area contributed by atoms with Gasteiger partial charge in [0.25, 0.3) is 12.9 Å². The first-order valence-electron chi connectivity index (χ1n) is 8.52. The van der Waals surface area contributed by atoms with Crippen LogP contribution in [0.2, 0.25) is 0 Å². The van der Waals surface area contributed by atoms with E-state index in [1.54, 1.807) is 27.7 Å². The van der Waals surface area contributed by atoms with E-state index in [9.17, 15) is 14.0 Å². The number of hydrogen-bond donors (Lipinski definition) is 1. The zero-order valence-corrected chi connectivity index (χ0v) is 39.2. The summed E-state index contributed by atoms with van der Waals surface area (Å²) in [6, 6.07) is 0. The number of carbonyl (C=O) groups is 4. The van der Waals surface area contributed by atoms with E-state index < -0.39 is 13.1 Å². The van der Waals surface area contributed by atoms with E-state index in [-0.39, 0.29) is 262 Å². The SMILES string of the molecule is CC#CC[C@H](C)C(=O)O.CC#CC[C@H](C)C(=O)OC.O=CO[O-].O=CO[O-].[2H]CF.[CH2+]I.[H-].[I-].[K+].[K+].[K+].[K+]. The third-order valence-electron chi connectivity index (χ3n) is 2.27. The molecule has 190 valence electrons.